The van der Waals surface area contributed by atoms with Crippen LogP contribution in [0.15, 0.2) is 53.4 Å². The fourth-order valence-corrected chi connectivity index (χ4v) is 6.01. The third-order valence-electron chi connectivity index (χ3n) is 5.95. The zero-order valence-electron chi connectivity index (χ0n) is 17.5. The molecule has 7 heteroatoms. The second-order valence-electron chi connectivity index (χ2n) is 8.00. The van der Waals surface area contributed by atoms with Crippen molar-refractivity contribution in [2.45, 2.75) is 44.0 Å². The molecule has 2 heterocycles. The number of carbonyl (C=O) groups is 1. The highest BCUT2D eigenvalue weighted by Crippen LogP contribution is 2.35. The summed E-state index contributed by atoms with van der Waals surface area (Å²) >= 11 is 0. The number of piperidine rings is 1. The molecule has 0 bridgehead atoms. The molecule has 0 aromatic heterocycles. The summed E-state index contributed by atoms with van der Waals surface area (Å²) in [5.74, 6) is 0.341. The molecule has 0 N–H and O–H groups in total. The Balaban J connectivity index is 1.52. The molecule has 2 aliphatic rings. The van der Waals surface area contributed by atoms with Crippen molar-refractivity contribution in [1.82, 2.24) is 4.31 Å². The summed E-state index contributed by atoms with van der Waals surface area (Å²) in [7, 11) is -3.65. The van der Waals surface area contributed by atoms with Crippen LogP contribution in [0.5, 0.6) is 5.75 Å². The molecule has 0 aliphatic carbocycles. The minimum Gasteiger partial charge on any atom is -0.494 e. The van der Waals surface area contributed by atoms with E-state index in [1.807, 2.05) is 30.0 Å². The first-order chi connectivity index (χ1) is 14.4. The van der Waals surface area contributed by atoms with Gasteiger partial charge >= 0.3 is 0 Å². The average molecular weight is 429 g/mol. The second-order valence-corrected chi connectivity index (χ2v) is 9.93. The van der Waals surface area contributed by atoms with Crippen LogP contribution < -0.4 is 9.64 Å². The number of anilines is 1. The molecule has 30 heavy (non-hydrogen) atoms. The van der Waals surface area contributed by atoms with Gasteiger partial charge in [-0.3, -0.25) is 4.79 Å². The minimum atomic E-state index is -3.65. The number of rotatable bonds is 5. The highest BCUT2D eigenvalue weighted by molar-refractivity contribution is 7.89. The number of carbonyl (C=O) groups excluding carboxylic acids is 1. The molecule has 0 saturated carbocycles. The summed E-state index contributed by atoms with van der Waals surface area (Å²) in [5.41, 5.74) is 2.13. The Morgan fingerprint density at radius 3 is 2.60 bits per heavy atom. The van der Waals surface area contributed by atoms with E-state index in [1.165, 1.54) is 9.87 Å². The maximum absolute atomic E-state index is 13.4. The Hall–Kier alpha value is -2.38. The van der Waals surface area contributed by atoms with Crippen LogP contribution in [0.25, 0.3) is 0 Å². The number of ether oxygens (including phenoxy) is 1. The molecule has 2 atom stereocenters. The largest absolute Gasteiger partial charge is 0.494 e. The van der Waals surface area contributed by atoms with E-state index in [2.05, 4.69) is 13.0 Å². The van der Waals surface area contributed by atoms with Crippen molar-refractivity contribution in [3.05, 3.63) is 54.1 Å². The Labute approximate surface area is 178 Å². The van der Waals surface area contributed by atoms with Crippen molar-refractivity contribution in [2.24, 2.45) is 5.92 Å². The fourth-order valence-electron chi connectivity index (χ4n) is 4.48. The molecule has 0 spiro atoms. The molecule has 6 nitrogen and oxygen atoms in total. The number of sulfonamides is 1. The van der Waals surface area contributed by atoms with Gasteiger partial charge < -0.3 is 9.64 Å². The van der Waals surface area contributed by atoms with Crippen molar-refractivity contribution in [3.63, 3.8) is 0 Å². The van der Waals surface area contributed by atoms with Crippen LogP contribution in [0.2, 0.25) is 0 Å². The van der Waals surface area contributed by atoms with Gasteiger partial charge in [0.25, 0.3) is 0 Å². The van der Waals surface area contributed by atoms with Crippen LogP contribution in [0.3, 0.4) is 0 Å². The maximum atomic E-state index is 13.4. The lowest BCUT2D eigenvalue weighted by molar-refractivity contribution is -0.123. The SMILES string of the molecule is CCOc1ccc(S(=O)(=O)N2CCC[C@@H](C(=O)N3c4ccccc4C[C@@H]3C)C2)cc1. The monoisotopic (exact) mass is 428 g/mol. The molecule has 0 radical (unpaired) electrons. The third kappa shape index (κ3) is 3.84. The van der Waals surface area contributed by atoms with Crippen molar-refractivity contribution in [3.8, 4) is 5.75 Å². The van der Waals surface area contributed by atoms with Gasteiger partial charge in [-0.1, -0.05) is 18.2 Å². The quantitative estimate of drug-likeness (QED) is 0.731. The van der Waals surface area contributed by atoms with Gasteiger partial charge in [-0.25, -0.2) is 8.42 Å². The van der Waals surface area contributed by atoms with Crippen molar-refractivity contribution < 1.29 is 17.9 Å². The first-order valence-electron chi connectivity index (χ1n) is 10.6. The predicted octanol–water partition coefficient (Wildman–Crippen LogP) is 3.46. The standard InChI is InChI=1S/C23H28N2O4S/c1-3-29-20-10-12-21(13-11-20)30(27,28)24-14-6-8-19(16-24)23(26)25-17(2)15-18-7-4-5-9-22(18)25/h4-5,7,9-13,17,19H,3,6,8,14-16H2,1-2H3/t17-,19+/m0/s1. The molecule has 0 unspecified atom stereocenters. The van der Waals surface area contributed by atoms with Crippen molar-refractivity contribution in [2.75, 3.05) is 24.6 Å². The number of amides is 1. The summed E-state index contributed by atoms with van der Waals surface area (Å²) < 4.78 is 33.2. The van der Waals surface area contributed by atoms with E-state index in [0.29, 0.717) is 31.7 Å². The van der Waals surface area contributed by atoms with Crippen molar-refractivity contribution in [1.29, 1.82) is 0 Å². The van der Waals surface area contributed by atoms with Crippen LogP contribution in [0, 0.1) is 5.92 Å². The number of nitrogens with zero attached hydrogens (tertiary/aromatic N) is 2. The van der Waals surface area contributed by atoms with E-state index in [4.69, 9.17) is 4.74 Å². The fraction of sp³-hybridized carbons (Fsp3) is 0.435. The predicted molar refractivity (Wildman–Crippen MR) is 116 cm³/mol. The second kappa shape index (κ2) is 8.40. The lowest BCUT2D eigenvalue weighted by Crippen LogP contribution is -2.48. The molecule has 1 fully saturated rings. The first kappa shape index (κ1) is 20.9. The highest BCUT2D eigenvalue weighted by atomic mass is 32.2. The first-order valence-corrected chi connectivity index (χ1v) is 12.0. The summed E-state index contributed by atoms with van der Waals surface area (Å²) in [5, 5.41) is 0. The summed E-state index contributed by atoms with van der Waals surface area (Å²) in [4.78, 5) is 15.5. The van der Waals surface area contributed by atoms with Gasteiger partial charge in [-0.05, 0) is 69.0 Å². The number of benzene rings is 2. The molecule has 2 aliphatic heterocycles. The average Bonchev–Trinajstić information content (AvgIpc) is 3.09. The van der Waals surface area contributed by atoms with Crippen LogP contribution in [-0.4, -0.2) is 44.4 Å². The van der Waals surface area contributed by atoms with Gasteiger partial charge in [0.15, 0.2) is 0 Å². The topological polar surface area (TPSA) is 66.9 Å². The van der Waals surface area contributed by atoms with E-state index in [-0.39, 0.29) is 29.3 Å². The third-order valence-corrected chi connectivity index (χ3v) is 7.83. The number of fused-ring (bicyclic) bond motifs is 1. The van der Waals surface area contributed by atoms with Gasteiger partial charge in [-0.2, -0.15) is 4.31 Å². The molecule has 2 aromatic carbocycles. The Bertz CT molecular complexity index is 1020. The van der Waals surface area contributed by atoms with Crippen LogP contribution in [0.4, 0.5) is 5.69 Å². The van der Waals surface area contributed by atoms with Gasteiger partial charge in [-0.15, -0.1) is 0 Å². The highest BCUT2D eigenvalue weighted by Gasteiger charge is 2.39. The van der Waals surface area contributed by atoms with Gasteiger partial charge in [0.2, 0.25) is 15.9 Å². The minimum absolute atomic E-state index is 0.0269. The number of hydrogen-bond acceptors (Lipinski definition) is 4. The number of para-hydroxylation sites is 1. The molecular formula is C23H28N2O4S. The normalized spacial score (nSPS) is 22.0. The van der Waals surface area contributed by atoms with Gasteiger partial charge in [0, 0.05) is 24.8 Å². The molecule has 160 valence electrons. The van der Waals surface area contributed by atoms with E-state index >= 15 is 0 Å². The maximum Gasteiger partial charge on any atom is 0.243 e. The Kier molecular flexibility index (Phi) is 5.84. The van der Waals surface area contributed by atoms with E-state index in [9.17, 15) is 13.2 Å². The molecular weight excluding hydrogens is 400 g/mol. The Morgan fingerprint density at radius 1 is 1.13 bits per heavy atom. The van der Waals surface area contributed by atoms with E-state index in [0.717, 1.165) is 12.1 Å². The Morgan fingerprint density at radius 2 is 1.87 bits per heavy atom. The summed E-state index contributed by atoms with van der Waals surface area (Å²) in [6, 6.07) is 14.6. The molecule has 1 saturated heterocycles. The van der Waals surface area contributed by atoms with E-state index in [1.54, 1.807) is 24.3 Å². The lowest BCUT2D eigenvalue weighted by Gasteiger charge is -2.34. The zero-order valence-corrected chi connectivity index (χ0v) is 18.3. The van der Waals surface area contributed by atoms with E-state index < -0.39 is 10.0 Å². The van der Waals surface area contributed by atoms with Crippen LogP contribution in [0.1, 0.15) is 32.3 Å². The smallest absolute Gasteiger partial charge is 0.243 e. The van der Waals surface area contributed by atoms with Crippen molar-refractivity contribution >= 4 is 21.6 Å². The number of hydrogen-bond donors (Lipinski definition) is 0. The lowest BCUT2D eigenvalue weighted by atomic mass is 9.97. The zero-order chi connectivity index (χ0) is 21.3. The molecule has 4 rings (SSSR count). The van der Waals surface area contributed by atoms with Crippen LogP contribution >= 0.6 is 0 Å². The van der Waals surface area contributed by atoms with Gasteiger partial charge in [0.1, 0.15) is 5.75 Å². The summed E-state index contributed by atoms with van der Waals surface area (Å²) in [6.07, 6.45) is 2.22. The summed E-state index contributed by atoms with van der Waals surface area (Å²) in [6.45, 7) is 5.12. The molecule has 1 amide bonds. The molecule has 2 aromatic rings. The van der Waals surface area contributed by atoms with Crippen LogP contribution in [-0.2, 0) is 21.2 Å². The van der Waals surface area contributed by atoms with Gasteiger partial charge in [0.05, 0.1) is 17.4 Å².